The van der Waals surface area contributed by atoms with Crippen LogP contribution in [0.15, 0.2) is 0 Å². The molecular formula is C11H22N2. The molecule has 2 fully saturated rings. The molecule has 2 N–H and O–H groups in total. The van der Waals surface area contributed by atoms with Gasteiger partial charge in [-0.1, -0.05) is 6.92 Å². The van der Waals surface area contributed by atoms with Crippen LogP contribution in [0.1, 0.15) is 39.0 Å². The fraction of sp³-hybridized carbons (Fsp3) is 1.00. The number of rotatable bonds is 4. The van der Waals surface area contributed by atoms with Crippen LogP contribution in [0.2, 0.25) is 0 Å². The molecule has 0 radical (unpaired) electrons. The van der Waals surface area contributed by atoms with Crippen LogP contribution in [0, 0.1) is 5.92 Å². The Morgan fingerprint density at radius 1 is 1.46 bits per heavy atom. The van der Waals surface area contributed by atoms with E-state index in [1.807, 2.05) is 0 Å². The first-order valence-corrected chi connectivity index (χ1v) is 5.79. The van der Waals surface area contributed by atoms with Crippen LogP contribution in [-0.2, 0) is 0 Å². The van der Waals surface area contributed by atoms with E-state index in [1.165, 1.54) is 38.8 Å². The number of nitrogens with two attached hydrogens (primary N) is 1. The van der Waals surface area contributed by atoms with Gasteiger partial charge in [0.05, 0.1) is 0 Å². The van der Waals surface area contributed by atoms with Crippen LogP contribution in [0.25, 0.3) is 0 Å². The van der Waals surface area contributed by atoms with Crippen LogP contribution in [0.3, 0.4) is 0 Å². The summed E-state index contributed by atoms with van der Waals surface area (Å²) in [6.45, 7) is 4.79. The van der Waals surface area contributed by atoms with E-state index in [4.69, 9.17) is 5.73 Å². The number of hydrogen-bond donors (Lipinski definition) is 1. The first-order valence-electron chi connectivity index (χ1n) is 5.79. The van der Waals surface area contributed by atoms with Gasteiger partial charge in [-0.15, -0.1) is 0 Å². The normalized spacial score (nSPS) is 35.5. The van der Waals surface area contributed by atoms with Gasteiger partial charge < -0.3 is 10.6 Å². The van der Waals surface area contributed by atoms with E-state index in [9.17, 15) is 0 Å². The quantitative estimate of drug-likeness (QED) is 0.715. The van der Waals surface area contributed by atoms with Crippen molar-refractivity contribution >= 4 is 0 Å². The molecule has 0 spiro atoms. The van der Waals surface area contributed by atoms with E-state index >= 15 is 0 Å². The average Bonchev–Trinajstić information content (AvgIpc) is 2.74. The molecule has 0 aromatic carbocycles. The van der Waals surface area contributed by atoms with Crippen molar-refractivity contribution in [2.75, 3.05) is 13.1 Å². The van der Waals surface area contributed by atoms with Gasteiger partial charge in [-0.25, -0.2) is 0 Å². The predicted molar refractivity (Wildman–Crippen MR) is 55.6 cm³/mol. The maximum atomic E-state index is 5.92. The molecule has 0 aromatic heterocycles. The Morgan fingerprint density at radius 3 is 2.85 bits per heavy atom. The minimum atomic E-state index is 0.430. The van der Waals surface area contributed by atoms with Gasteiger partial charge in [-0.05, 0) is 44.6 Å². The Kier molecular flexibility index (Phi) is 2.89. The van der Waals surface area contributed by atoms with E-state index in [-0.39, 0.29) is 0 Å². The summed E-state index contributed by atoms with van der Waals surface area (Å²) in [7, 11) is 0. The Hall–Kier alpha value is -0.0800. The van der Waals surface area contributed by atoms with Crippen LogP contribution >= 0.6 is 0 Å². The molecule has 2 aliphatic rings. The summed E-state index contributed by atoms with van der Waals surface area (Å²) < 4.78 is 0. The van der Waals surface area contributed by atoms with Crippen LogP contribution in [-0.4, -0.2) is 30.1 Å². The standard InChI is InChI=1S/C11H22N2/c1-2-10(12)5-6-13-8-9-3-4-11(13)7-9/h9-11H,2-8,12H2,1H3. The van der Waals surface area contributed by atoms with Crippen molar-refractivity contribution in [1.29, 1.82) is 0 Å². The molecule has 1 saturated heterocycles. The zero-order chi connectivity index (χ0) is 9.26. The fourth-order valence-corrected chi connectivity index (χ4v) is 2.84. The lowest BCUT2D eigenvalue weighted by atomic mass is 10.1. The summed E-state index contributed by atoms with van der Waals surface area (Å²) in [5.41, 5.74) is 5.92. The first kappa shape index (κ1) is 9.47. The minimum absolute atomic E-state index is 0.430. The van der Waals surface area contributed by atoms with Gasteiger partial charge in [-0.3, -0.25) is 0 Å². The molecule has 2 nitrogen and oxygen atoms in total. The van der Waals surface area contributed by atoms with Gasteiger partial charge in [-0.2, -0.15) is 0 Å². The smallest absolute Gasteiger partial charge is 0.00986 e. The Balaban J connectivity index is 1.71. The number of hydrogen-bond acceptors (Lipinski definition) is 2. The molecule has 2 heteroatoms. The van der Waals surface area contributed by atoms with Crippen molar-refractivity contribution < 1.29 is 0 Å². The van der Waals surface area contributed by atoms with Crippen LogP contribution in [0.4, 0.5) is 0 Å². The van der Waals surface area contributed by atoms with Crippen molar-refractivity contribution in [3.63, 3.8) is 0 Å². The molecule has 1 saturated carbocycles. The van der Waals surface area contributed by atoms with Gasteiger partial charge in [0.1, 0.15) is 0 Å². The largest absolute Gasteiger partial charge is 0.328 e. The Labute approximate surface area is 81.5 Å². The first-order chi connectivity index (χ1) is 6.29. The van der Waals surface area contributed by atoms with Gasteiger partial charge in [0.15, 0.2) is 0 Å². The molecule has 76 valence electrons. The SMILES string of the molecule is CCC(N)CCN1CC2CCC1C2. The summed E-state index contributed by atoms with van der Waals surface area (Å²) in [4.78, 5) is 2.67. The highest BCUT2D eigenvalue weighted by Crippen LogP contribution is 2.37. The summed E-state index contributed by atoms with van der Waals surface area (Å²) in [6.07, 6.45) is 6.73. The summed E-state index contributed by atoms with van der Waals surface area (Å²) in [5.74, 6) is 1.03. The maximum Gasteiger partial charge on any atom is 0.00986 e. The molecule has 0 aromatic rings. The van der Waals surface area contributed by atoms with Crippen molar-refractivity contribution in [3.8, 4) is 0 Å². The third-order valence-electron chi connectivity index (χ3n) is 3.83. The molecular weight excluding hydrogens is 160 g/mol. The molecule has 3 atom stereocenters. The van der Waals surface area contributed by atoms with Crippen molar-refractivity contribution in [2.45, 2.75) is 51.1 Å². The monoisotopic (exact) mass is 182 g/mol. The lowest BCUT2D eigenvalue weighted by Crippen LogP contribution is -2.35. The van der Waals surface area contributed by atoms with Crippen molar-refractivity contribution in [3.05, 3.63) is 0 Å². The minimum Gasteiger partial charge on any atom is -0.328 e. The zero-order valence-corrected chi connectivity index (χ0v) is 8.71. The average molecular weight is 182 g/mol. The molecule has 3 unspecified atom stereocenters. The third-order valence-corrected chi connectivity index (χ3v) is 3.83. The molecule has 0 amide bonds. The van der Waals surface area contributed by atoms with Gasteiger partial charge in [0, 0.05) is 18.6 Å². The Morgan fingerprint density at radius 2 is 2.31 bits per heavy atom. The highest BCUT2D eigenvalue weighted by Gasteiger charge is 2.37. The van der Waals surface area contributed by atoms with E-state index < -0.39 is 0 Å². The zero-order valence-electron chi connectivity index (χ0n) is 8.71. The van der Waals surface area contributed by atoms with E-state index in [2.05, 4.69) is 11.8 Å². The second kappa shape index (κ2) is 3.97. The molecule has 1 aliphatic heterocycles. The van der Waals surface area contributed by atoms with E-state index in [0.29, 0.717) is 6.04 Å². The summed E-state index contributed by atoms with van der Waals surface area (Å²) >= 11 is 0. The van der Waals surface area contributed by atoms with Crippen molar-refractivity contribution in [1.82, 2.24) is 4.90 Å². The lowest BCUT2D eigenvalue weighted by Gasteiger charge is -2.27. The second-order valence-corrected chi connectivity index (χ2v) is 4.78. The van der Waals surface area contributed by atoms with E-state index in [1.54, 1.807) is 0 Å². The number of nitrogens with zero attached hydrogens (tertiary/aromatic N) is 1. The summed E-state index contributed by atoms with van der Waals surface area (Å²) in [5, 5.41) is 0. The fourth-order valence-electron chi connectivity index (χ4n) is 2.84. The third kappa shape index (κ3) is 2.05. The highest BCUT2D eigenvalue weighted by atomic mass is 15.2. The second-order valence-electron chi connectivity index (χ2n) is 4.78. The molecule has 2 bridgehead atoms. The van der Waals surface area contributed by atoms with Gasteiger partial charge in [0.2, 0.25) is 0 Å². The van der Waals surface area contributed by atoms with Crippen molar-refractivity contribution in [2.24, 2.45) is 11.7 Å². The van der Waals surface area contributed by atoms with Crippen LogP contribution in [0.5, 0.6) is 0 Å². The summed E-state index contributed by atoms with van der Waals surface area (Å²) in [6, 6.07) is 1.35. The highest BCUT2D eigenvalue weighted by molar-refractivity contribution is 4.92. The Bertz CT molecular complexity index is 169. The number of piperidine rings is 1. The molecule has 2 rings (SSSR count). The van der Waals surface area contributed by atoms with E-state index in [0.717, 1.165) is 18.4 Å². The number of fused-ring (bicyclic) bond motifs is 2. The lowest BCUT2D eigenvalue weighted by molar-refractivity contribution is 0.206. The topological polar surface area (TPSA) is 29.3 Å². The molecule has 1 aliphatic carbocycles. The predicted octanol–water partition coefficient (Wildman–Crippen LogP) is 1.60. The maximum absolute atomic E-state index is 5.92. The van der Waals surface area contributed by atoms with Gasteiger partial charge in [0.25, 0.3) is 0 Å². The van der Waals surface area contributed by atoms with Crippen LogP contribution < -0.4 is 5.73 Å². The molecule has 13 heavy (non-hydrogen) atoms. The van der Waals surface area contributed by atoms with Gasteiger partial charge >= 0.3 is 0 Å². The molecule has 1 heterocycles. The number of likely N-dealkylation sites (tertiary alicyclic amines) is 1.